The Balaban J connectivity index is 1.70. The highest BCUT2D eigenvalue weighted by molar-refractivity contribution is 8.04. The second-order valence-corrected chi connectivity index (χ2v) is 6.31. The van der Waals surface area contributed by atoms with Gasteiger partial charge >= 0.3 is 0 Å². The summed E-state index contributed by atoms with van der Waals surface area (Å²) in [6.45, 7) is 0. The molecule has 1 aliphatic heterocycles. The van der Waals surface area contributed by atoms with E-state index in [0.717, 1.165) is 21.2 Å². The number of thiazole rings is 1. The summed E-state index contributed by atoms with van der Waals surface area (Å²) < 4.78 is 1.22. The van der Waals surface area contributed by atoms with Crippen molar-refractivity contribution in [3.05, 3.63) is 63.9 Å². The van der Waals surface area contributed by atoms with Crippen LogP contribution in [0.3, 0.4) is 0 Å². The second-order valence-electron chi connectivity index (χ2n) is 4.18. The average molecular weight is 281 g/mol. The Kier molecular flexibility index (Phi) is 2.57. The minimum absolute atomic E-state index is 1.01. The van der Waals surface area contributed by atoms with E-state index < -0.39 is 0 Å². The summed E-state index contributed by atoms with van der Waals surface area (Å²) in [7, 11) is 0. The maximum absolute atomic E-state index is 4.61. The molecule has 0 fully saturated rings. The van der Waals surface area contributed by atoms with Gasteiger partial charge in [-0.3, -0.25) is 0 Å². The molecule has 0 radical (unpaired) electrons. The van der Waals surface area contributed by atoms with Crippen LogP contribution in [0.25, 0.3) is 21.6 Å². The first-order chi connectivity index (χ1) is 9.38. The van der Waals surface area contributed by atoms with Gasteiger partial charge in [0.25, 0.3) is 0 Å². The van der Waals surface area contributed by atoms with E-state index in [1.54, 1.807) is 23.1 Å². The third-order valence-corrected chi connectivity index (χ3v) is 4.83. The van der Waals surface area contributed by atoms with Crippen LogP contribution < -0.4 is 0 Å². The van der Waals surface area contributed by atoms with Crippen molar-refractivity contribution in [2.45, 2.75) is 4.90 Å². The highest BCUT2D eigenvalue weighted by Crippen LogP contribution is 2.49. The zero-order valence-electron chi connectivity index (χ0n) is 9.91. The molecule has 0 amide bonds. The topological polar surface area (TPSA) is 27.0 Å². The molecule has 0 saturated heterocycles. The van der Waals surface area contributed by atoms with Gasteiger partial charge in [-0.15, -0.1) is 28.8 Å². The largest absolute Gasteiger partial charge is 0.651 e. The van der Waals surface area contributed by atoms with Gasteiger partial charge in [0.2, 0.25) is 0 Å². The van der Waals surface area contributed by atoms with Crippen LogP contribution >= 0.6 is 23.1 Å². The SMILES string of the molecule is C(=C1\[N-]c2ccccc2S1)/c1nc2ccccc2s1. The molecule has 2 nitrogen and oxygen atoms in total. The number of hydrogen-bond acceptors (Lipinski definition) is 3. The van der Waals surface area contributed by atoms with Crippen molar-refractivity contribution in [2.75, 3.05) is 0 Å². The van der Waals surface area contributed by atoms with Gasteiger partial charge in [0.05, 0.1) is 10.2 Å². The fourth-order valence-corrected chi connectivity index (χ4v) is 3.89. The van der Waals surface area contributed by atoms with Crippen LogP contribution in [-0.4, -0.2) is 4.98 Å². The third-order valence-electron chi connectivity index (χ3n) is 2.87. The van der Waals surface area contributed by atoms with Crippen molar-refractivity contribution < 1.29 is 0 Å². The quantitative estimate of drug-likeness (QED) is 0.596. The molecule has 1 aliphatic rings. The molecular formula is C15H9N2S2-. The summed E-state index contributed by atoms with van der Waals surface area (Å²) in [5.74, 6) is 0. The average Bonchev–Trinajstić information content (AvgIpc) is 3.00. The van der Waals surface area contributed by atoms with Gasteiger partial charge in [-0.2, -0.15) is 0 Å². The first-order valence-corrected chi connectivity index (χ1v) is 7.58. The Morgan fingerprint density at radius 2 is 1.84 bits per heavy atom. The summed E-state index contributed by atoms with van der Waals surface area (Å²) in [5.41, 5.74) is 2.11. The summed E-state index contributed by atoms with van der Waals surface area (Å²) >= 11 is 3.40. The van der Waals surface area contributed by atoms with Crippen LogP contribution in [0.5, 0.6) is 0 Å². The van der Waals surface area contributed by atoms with E-state index in [-0.39, 0.29) is 0 Å². The van der Waals surface area contributed by atoms with Gasteiger partial charge in [-0.25, -0.2) is 4.98 Å². The van der Waals surface area contributed by atoms with Crippen molar-refractivity contribution in [3.8, 4) is 0 Å². The first-order valence-electron chi connectivity index (χ1n) is 5.94. The van der Waals surface area contributed by atoms with Gasteiger partial charge in [-0.1, -0.05) is 35.4 Å². The molecule has 2 heterocycles. The van der Waals surface area contributed by atoms with Crippen LogP contribution in [0.15, 0.2) is 58.5 Å². The molecule has 0 atom stereocenters. The van der Waals surface area contributed by atoms with Crippen molar-refractivity contribution in [1.82, 2.24) is 4.98 Å². The van der Waals surface area contributed by atoms with Gasteiger partial charge in [0, 0.05) is 0 Å². The fraction of sp³-hybridized carbons (Fsp3) is 0. The number of benzene rings is 2. The lowest BCUT2D eigenvalue weighted by Gasteiger charge is -2.13. The third kappa shape index (κ3) is 2.03. The van der Waals surface area contributed by atoms with Crippen molar-refractivity contribution >= 4 is 45.1 Å². The predicted molar refractivity (Wildman–Crippen MR) is 82.9 cm³/mol. The maximum atomic E-state index is 4.61. The van der Waals surface area contributed by atoms with E-state index in [1.807, 2.05) is 36.4 Å². The number of fused-ring (bicyclic) bond motifs is 2. The lowest BCUT2D eigenvalue weighted by molar-refractivity contribution is 1.46. The Hall–Kier alpha value is -1.78. The standard InChI is InChI=1S/C15H9N2S2/c1-3-7-12-10(5-1)16-14(18-12)9-15-17-11-6-2-4-8-13(11)19-15/h1-9H/q-1/b14-9-. The molecule has 0 N–H and O–H groups in total. The van der Waals surface area contributed by atoms with Crippen molar-refractivity contribution in [2.24, 2.45) is 0 Å². The highest BCUT2D eigenvalue weighted by atomic mass is 32.2. The van der Waals surface area contributed by atoms with Crippen LogP contribution in [0.1, 0.15) is 5.01 Å². The van der Waals surface area contributed by atoms with Gasteiger partial charge < -0.3 is 5.32 Å². The van der Waals surface area contributed by atoms with Crippen molar-refractivity contribution in [3.63, 3.8) is 0 Å². The molecule has 4 heteroatoms. The second kappa shape index (κ2) is 4.40. The van der Waals surface area contributed by atoms with Gasteiger partial charge in [0.1, 0.15) is 5.01 Å². The summed E-state index contributed by atoms with van der Waals surface area (Å²) in [6, 6.07) is 16.4. The zero-order valence-corrected chi connectivity index (χ0v) is 11.5. The minimum atomic E-state index is 1.01. The molecule has 0 unspecified atom stereocenters. The van der Waals surface area contributed by atoms with Crippen LogP contribution in [0.2, 0.25) is 0 Å². The molecule has 19 heavy (non-hydrogen) atoms. The maximum Gasteiger partial charge on any atom is 0.116 e. The molecule has 0 saturated carbocycles. The van der Waals surface area contributed by atoms with Crippen LogP contribution in [-0.2, 0) is 0 Å². The van der Waals surface area contributed by atoms with E-state index >= 15 is 0 Å². The Bertz CT molecular complexity index is 729. The summed E-state index contributed by atoms with van der Waals surface area (Å²) in [5, 5.41) is 6.64. The monoisotopic (exact) mass is 281 g/mol. The number of hydrogen-bond donors (Lipinski definition) is 0. The molecule has 92 valence electrons. The Morgan fingerprint density at radius 3 is 2.74 bits per heavy atom. The predicted octanol–water partition coefficient (Wildman–Crippen LogP) is 5.41. The molecule has 4 rings (SSSR count). The fourth-order valence-electron chi connectivity index (χ4n) is 2.01. The lowest BCUT2D eigenvalue weighted by atomic mass is 10.3. The Morgan fingerprint density at radius 1 is 1.00 bits per heavy atom. The molecule has 0 spiro atoms. The van der Waals surface area contributed by atoms with E-state index in [2.05, 4.69) is 28.5 Å². The number of thioether (sulfide) groups is 1. The van der Waals surface area contributed by atoms with Gasteiger partial charge in [-0.05, 0) is 29.2 Å². The van der Waals surface area contributed by atoms with Crippen LogP contribution in [0.4, 0.5) is 5.69 Å². The number of rotatable bonds is 1. The highest BCUT2D eigenvalue weighted by Gasteiger charge is 2.06. The summed E-state index contributed by atoms with van der Waals surface area (Å²) in [4.78, 5) is 5.83. The molecule has 1 aromatic heterocycles. The first kappa shape index (κ1) is 11.1. The Labute approximate surface area is 119 Å². The van der Waals surface area contributed by atoms with Gasteiger partial charge in [0.15, 0.2) is 0 Å². The number of nitrogens with zero attached hydrogens (tertiary/aromatic N) is 2. The lowest BCUT2D eigenvalue weighted by Crippen LogP contribution is -1.70. The minimum Gasteiger partial charge on any atom is -0.651 e. The van der Waals surface area contributed by atoms with E-state index in [0.29, 0.717) is 0 Å². The molecule has 2 aromatic carbocycles. The summed E-state index contributed by atoms with van der Waals surface area (Å²) in [6.07, 6.45) is 2.06. The number of aromatic nitrogens is 1. The molecule has 0 aliphatic carbocycles. The molecule has 3 aromatic rings. The van der Waals surface area contributed by atoms with E-state index in [9.17, 15) is 0 Å². The number of para-hydroxylation sites is 2. The van der Waals surface area contributed by atoms with Crippen LogP contribution in [0, 0.1) is 0 Å². The zero-order chi connectivity index (χ0) is 12.7. The van der Waals surface area contributed by atoms with Crippen molar-refractivity contribution in [1.29, 1.82) is 0 Å². The molecule has 0 bridgehead atoms. The normalized spacial score (nSPS) is 15.7. The smallest absolute Gasteiger partial charge is 0.116 e. The van der Waals surface area contributed by atoms with E-state index in [4.69, 9.17) is 0 Å². The molecular weight excluding hydrogens is 272 g/mol. The van der Waals surface area contributed by atoms with E-state index in [1.165, 1.54) is 9.60 Å².